The molecule has 0 aliphatic carbocycles. The fraction of sp³-hybridized carbons (Fsp3) is 0.375. The molecule has 4 atom stereocenters. The summed E-state index contributed by atoms with van der Waals surface area (Å²) < 4.78 is -0.548. The molecule has 2 aromatic rings. The van der Waals surface area contributed by atoms with Gasteiger partial charge in [-0.2, -0.15) is 0 Å². The number of thioether (sulfide) groups is 1. The van der Waals surface area contributed by atoms with E-state index in [9.17, 15) is 19.5 Å². The molecular formula is C24H27N3O4S. The molecule has 7 nitrogen and oxygen atoms in total. The minimum Gasteiger partial charge on any atom is -0.394 e. The van der Waals surface area contributed by atoms with Crippen molar-refractivity contribution in [3.8, 4) is 0 Å². The summed E-state index contributed by atoms with van der Waals surface area (Å²) in [5.74, 6) is -0.965. The molecular weight excluding hydrogens is 426 g/mol. The molecule has 3 amide bonds. The monoisotopic (exact) mass is 453 g/mol. The maximum absolute atomic E-state index is 13.6. The molecule has 2 aliphatic rings. The van der Waals surface area contributed by atoms with Crippen LogP contribution in [0, 0.1) is 0 Å². The lowest BCUT2D eigenvalue weighted by molar-refractivity contribution is -0.132. The number of nitrogens with zero attached hydrogens (tertiary/aromatic N) is 1. The highest BCUT2D eigenvalue weighted by molar-refractivity contribution is 8.01. The third-order valence-electron chi connectivity index (χ3n) is 5.89. The second kappa shape index (κ2) is 8.60. The van der Waals surface area contributed by atoms with Crippen LogP contribution in [0.5, 0.6) is 0 Å². The van der Waals surface area contributed by atoms with E-state index < -0.39 is 28.8 Å². The van der Waals surface area contributed by atoms with Gasteiger partial charge in [0.05, 0.1) is 6.61 Å². The number of amides is 3. The first kappa shape index (κ1) is 22.4. The average Bonchev–Trinajstić information content (AvgIpc) is 3.21. The molecule has 0 saturated carbocycles. The van der Waals surface area contributed by atoms with Gasteiger partial charge in [-0.05, 0) is 38.0 Å². The van der Waals surface area contributed by atoms with Gasteiger partial charge in [0.25, 0.3) is 5.91 Å². The Hall–Kier alpha value is -2.84. The molecule has 2 heterocycles. The van der Waals surface area contributed by atoms with Crippen molar-refractivity contribution < 1.29 is 19.5 Å². The smallest absolute Gasteiger partial charge is 0.256 e. The number of aliphatic hydroxyl groups excluding tert-OH is 1. The minimum atomic E-state index is -0.947. The first-order valence-corrected chi connectivity index (χ1v) is 11.5. The Morgan fingerprint density at radius 1 is 1.09 bits per heavy atom. The summed E-state index contributed by atoms with van der Waals surface area (Å²) in [6, 6.07) is 14.2. The molecule has 168 valence electrons. The standard InChI is InChI=1S/C24H27N3O4S/c1-14(13-28)25-20(29)18(15-9-5-4-6-10-15)26-21(30)19-24(2,3)32-23-17-12-8-7-11-16(17)22(31)27(19)23/h4-12,14,18-19,23,28H,13H2,1-3H3,(H,25,29)(H,26,30)/t14-,18-,19-,23+/m0/s1. The van der Waals surface area contributed by atoms with E-state index in [1.54, 1.807) is 53.9 Å². The Balaban J connectivity index is 1.63. The van der Waals surface area contributed by atoms with Crippen LogP contribution in [0.2, 0.25) is 0 Å². The topological polar surface area (TPSA) is 98.7 Å². The number of hydrogen-bond acceptors (Lipinski definition) is 5. The molecule has 0 aromatic heterocycles. The second-order valence-corrected chi connectivity index (χ2v) is 10.5. The zero-order chi connectivity index (χ0) is 23.0. The zero-order valence-electron chi connectivity index (χ0n) is 18.2. The predicted molar refractivity (Wildman–Crippen MR) is 123 cm³/mol. The zero-order valence-corrected chi connectivity index (χ0v) is 19.1. The van der Waals surface area contributed by atoms with Gasteiger partial charge >= 0.3 is 0 Å². The fourth-order valence-electron chi connectivity index (χ4n) is 4.34. The van der Waals surface area contributed by atoms with Crippen molar-refractivity contribution in [3.63, 3.8) is 0 Å². The van der Waals surface area contributed by atoms with Crippen LogP contribution in [-0.4, -0.2) is 51.2 Å². The summed E-state index contributed by atoms with van der Waals surface area (Å²) in [6.45, 7) is 5.36. The fourth-order valence-corrected chi connectivity index (χ4v) is 5.93. The number of hydrogen-bond donors (Lipinski definition) is 3. The summed E-state index contributed by atoms with van der Waals surface area (Å²) in [5.41, 5.74) is 2.16. The van der Waals surface area contributed by atoms with E-state index >= 15 is 0 Å². The quantitative estimate of drug-likeness (QED) is 0.624. The van der Waals surface area contributed by atoms with Gasteiger partial charge in [0.1, 0.15) is 17.5 Å². The Morgan fingerprint density at radius 3 is 2.44 bits per heavy atom. The van der Waals surface area contributed by atoms with E-state index in [0.29, 0.717) is 11.1 Å². The molecule has 0 radical (unpaired) electrons. The summed E-state index contributed by atoms with van der Waals surface area (Å²) in [4.78, 5) is 41.4. The number of fused-ring (bicyclic) bond motifs is 3. The van der Waals surface area contributed by atoms with Gasteiger partial charge in [-0.25, -0.2) is 0 Å². The lowest BCUT2D eigenvalue weighted by Gasteiger charge is -2.31. The molecule has 0 spiro atoms. The first-order valence-electron chi connectivity index (χ1n) is 10.6. The number of aliphatic hydroxyl groups is 1. The number of benzene rings is 2. The van der Waals surface area contributed by atoms with E-state index in [2.05, 4.69) is 10.6 Å². The average molecular weight is 454 g/mol. The van der Waals surface area contributed by atoms with E-state index in [1.165, 1.54) is 0 Å². The molecule has 4 rings (SSSR count). The second-order valence-electron chi connectivity index (χ2n) is 8.72. The maximum atomic E-state index is 13.6. The van der Waals surface area contributed by atoms with Crippen LogP contribution in [0.25, 0.3) is 0 Å². The third-order valence-corrected chi connectivity index (χ3v) is 7.42. The summed E-state index contributed by atoms with van der Waals surface area (Å²) >= 11 is 1.58. The van der Waals surface area contributed by atoms with Crippen molar-refractivity contribution >= 4 is 29.5 Å². The van der Waals surface area contributed by atoms with Crippen molar-refractivity contribution in [2.24, 2.45) is 0 Å². The molecule has 32 heavy (non-hydrogen) atoms. The summed E-state index contributed by atoms with van der Waals surface area (Å²) in [6.07, 6.45) is 0. The number of nitrogens with one attached hydrogen (secondary N) is 2. The highest BCUT2D eigenvalue weighted by Gasteiger charge is 2.57. The van der Waals surface area contributed by atoms with E-state index in [1.807, 2.05) is 38.1 Å². The molecule has 2 aliphatic heterocycles. The molecule has 1 saturated heterocycles. The van der Waals surface area contributed by atoms with Gasteiger partial charge < -0.3 is 20.6 Å². The van der Waals surface area contributed by atoms with Crippen LogP contribution in [-0.2, 0) is 9.59 Å². The van der Waals surface area contributed by atoms with Crippen LogP contribution < -0.4 is 10.6 Å². The Labute approximate surface area is 191 Å². The predicted octanol–water partition coefficient (Wildman–Crippen LogP) is 2.39. The highest BCUT2D eigenvalue weighted by atomic mass is 32.2. The number of rotatable bonds is 6. The van der Waals surface area contributed by atoms with Crippen molar-refractivity contribution in [2.45, 2.75) is 49.0 Å². The van der Waals surface area contributed by atoms with Gasteiger partial charge in [-0.1, -0.05) is 48.5 Å². The molecule has 0 unspecified atom stereocenters. The van der Waals surface area contributed by atoms with Gasteiger partial charge in [0, 0.05) is 16.4 Å². The van der Waals surface area contributed by atoms with Crippen molar-refractivity contribution in [1.82, 2.24) is 15.5 Å². The maximum Gasteiger partial charge on any atom is 0.256 e. The first-order chi connectivity index (χ1) is 15.2. The molecule has 2 aromatic carbocycles. The third kappa shape index (κ3) is 3.89. The molecule has 1 fully saturated rings. The SMILES string of the molecule is C[C@@H](CO)NC(=O)[C@@H](NC(=O)[C@@H]1N2C(=O)c3ccccc3[C@H]2SC1(C)C)c1ccccc1. The highest BCUT2D eigenvalue weighted by Crippen LogP contribution is 2.56. The largest absolute Gasteiger partial charge is 0.394 e. The normalized spacial score (nSPS) is 22.6. The van der Waals surface area contributed by atoms with Gasteiger partial charge in [0.15, 0.2) is 0 Å². The minimum absolute atomic E-state index is 0.168. The summed E-state index contributed by atoms with van der Waals surface area (Å²) in [5, 5.41) is 14.7. The van der Waals surface area contributed by atoms with Crippen LogP contribution >= 0.6 is 11.8 Å². The van der Waals surface area contributed by atoms with Crippen LogP contribution in [0.3, 0.4) is 0 Å². The van der Waals surface area contributed by atoms with E-state index in [-0.39, 0.29) is 23.8 Å². The van der Waals surface area contributed by atoms with Crippen molar-refractivity contribution in [2.75, 3.05) is 6.61 Å². The number of carbonyl (C=O) groups excluding carboxylic acids is 3. The number of carbonyl (C=O) groups is 3. The van der Waals surface area contributed by atoms with Gasteiger partial charge in [-0.3, -0.25) is 14.4 Å². The van der Waals surface area contributed by atoms with Gasteiger partial charge in [0.2, 0.25) is 11.8 Å². The van der Waals surface area contributed by atoms with Crippen LogP contribution in [0.1, 0.15) is 53.7 Å². The van der Waals surface area contributed by atoms with E-state index in [4.69, 9.17) is 0 Å². The van der Waals surface area contributed by atoms with E-state index in [0.717, 1.165) is 5.56 Å². The Bertz CT molecular complexity index is 1040. The van der Waals surface area contributed by atoms with Crippen molar-refractivity contribution in [1.29, 1.82) is 0 Å². The molecule has 8 heteroatoms. The molecule has 0 bridgehead atoms. The Kier molecular flexibility index (Phi) is 6.01. The van der Waals surface area contributed by atoms with Crippen molar-refractivity contribution in [3.05, 3.63) is 71.3 Å². The van der Waals surface area contributed by atoms with Crippen LogP contribution in [0.4, 0.5) is 0 Å². The van der Waals surface area contributed by atoms with Crippen LogP contribution in [0.15, 0.2) is 54.6 Å². The summed E-state index contributed by atoms with van der Waals surface area (Å²) in [7, 11) is 0. The molecule has 3 N–H and O–H groups in total. The lowest BCUT2D eigenvalue weighted by atomic mass is 9.99. The lowest BCUT2D eigenvalue weighted by Crippen LogP contribution is -2.55. The Morgan fingerprint density at radius 2 is 1.75 bits per heavy atom. The van der Waals surface area contributed by atoms with Gasteiger partial charge in [-0.15, -0.1) is 11.8 Å².